The zero-order chi connectivity index (χ0) is 12.3. The van der Waals surface area contributed by atoms with Gasteiger partial charge in [-0.2, -0.15) is 0 Å². The molecule has 0 radical (unpaired) electrons. The molecule has 2 rings (SSSR count). The summed E-state index contributed by atoms with van der Waals surface area (Å²) >= 11 is 0. The number of imidazole rings is 1. The summed E-state index contributed by atoms with van der Waals surface area (Å²) in [6.07, 6.45) is 7.95. The van der Waals surface area contributed by atoms with Gasteiger partial charge in [0.05, 0.1) is 6.54 Å². The van der Waals surface area contributed by atoms with Crippen LogP contribution in [0, 0.1) is 11.8 Å². The molecular formula is C14H25N3. The monoisotopic (exact) mass is 235 g/mol. The smallest absolute Gasteiger partial charge is 0.122 e. The van der Waals surface area contributed by atoms with Crippen molar-refractivity contribution in [3.8, 4) is 0 Å². The Morgan fingerprint density at radius 1 is 1.35 bits per heavy atom. The van der Waals surface area contributed by atoms with Crippen LogP contribution in [0.5, 0.6) is 0 Å². The number of nitrogens with zero attached hydrogens (tertiary/aromatic N) is 2. The zero-order valence-electron chi connectivity index (χ0n) is 11.3. The fourth-order valence-electron chi connectivity index (χ4n) is 2.76. The van der Waals surface area contributed by atoms with Crippen LogP contribution in [-0.4, -0.2) is 15.6 Å². The van der Waals surface area contributed by atoms with Crippen molar-refractivity contribution in [1.82, 2.24) is 14.9 Å². The normalized spacial score (nSPS) is 29.5. The van der Waals surface area contributed by atoms with Gasteiger partial charge in [0.2, 0.25) is 0 Å². The maximum absolute atomic E-state index is 4.41. The molecule has 1 N–H and O–H groups in total. The van der Waals surface area contributed by atoms with Gasteiger partial charge in [-0.25, -0.2) is 4.98 Å². The summed E-state index contributed by atoms with van der Waals surface area (Å²) in [5.41, 5.74) is 0. The van der Waals surface area contributed by atoms with Crippen LogP contribution in [0.4, 0.5) is 0 Å². The molecule has 1 aliphatic carbocycles. The van der Waals surface area contributed by atoms with Crippen molar-refractivity contribution in [1.29, 1.82) is 0 Å². The van der Waals surface area contributed by atoms with Crippen molar-refractivity contribution in [2.45, 2.75) is 59.2 Å². The van der Waals surface area contributed by atoms with E-state index in [0.717, 1.165) is 24.9 Å². The van der Waals surface area contributed by atoms with Gasteiger partial charge in [0.1, 0.15) is 5.82 Å². The van der Waals surface area contributed by atoms with Gasteiger partial charge in [-0.1, -0.05) is 13.8 Å². The number of aromatic nitrogens is 2. The van der Waals surface area contributed by atoms with Gasteiger partial charge in [-0.05, 0) is 38.0 Å². The van der Waals surface area contributed by atoms with E-state index in [-0.39, 0.29) is 0 Å². The molecule has 0 saturated heterocycles. The molecule has 1 aromatic heterocycles. The fraction of sp³-hybridized carbons (Fsp3) is 0.786. The van der Waals surface area contributed by atoms with Gasteiger partial charge >= 0.3 is 0 Å². The molecule has 17 heavy (non-hydrogen) atoms. The Labute approximate surface area is 105 Å². The number of aryl methyl sites for hydroxylation is 1. The Bertz CT molecular complexity index is 345. The highest BCUT2D eigenvalue weighted by Gasteiger charge is 2.24. The lowest BCUT2D eigenvalue weighted by Gasteiger charge is -2.32. The van der Waals surface area contributed by atoms with Crippen molar-refractivity contribution in [3.05, 3.63) is 18.2 Å². The second-order valence-electron chi connectivity index (χ2n) is 5.47. The number of hydrogen-bond acceptors (Lipinski definition) is 2. The van der Waals surface area contributed by atoms with Gasteiger partial charge in [-0.15, -0.1) is 0 Å². The van der Waals surface area contributed by atoms with Crippen molar-refractivity contribution < 1.29 is 0 Å². The number of hydrogen-bond donors (Lipinski definition) is 1. The van der Waals surface area contributed by atoms with Crippen LogP contribution in [0.25, 0.3) is 0 Å². The lowest BCUT2D eigenvalue weighted by molar-refractivity contribution is 0.224. The standard InChI is InChI=1S/C14H25N3/c1-4-17-8-7-15-14(17)10-16-13-6-5-11(2)12(3)9-13/h7-8,11-13,16H,4-6,9-10H2,1-3H3. The van der Waals surface area contributed by atoms with E-state index in [1.54, 1.807) is 0 Å². The Morgan fingerprint density at radius 2 is 2.18 bits per heavy atom. The van der Waals surface area contributed by atoms with Crippen LogP contribution in [-0.2, 0) is 13.1 Å². The van der Waals surface area contributed by atoms with E-state index >= 15 is 0 Å². The topological polar surface area (TPSA) is 29.9 Å². The minimum Gasteiger partial charge on any atom is -0.334 e. The second-order valence-corrected chi connectivity index (χ2v) is 5.47. The lowest BCUT2D eigenvalue weighted by atomic mass is 9.79. The van der Waals surface area contributed by atoms with E-state index in [4.69, 9.17) is 0 Å². The van der Waals surface area contributed by atoms with Gasteiger partial charge < -0.3 is 9.88 Å². The summed E-state index contributed by atoms with van der Waals surface area (Å²) < 4.78 is 2.21. The highest BCUT2D eigenvalue weighted by atomic mass is 15.1. The molecule has 0 aliphatic heterocycles. The average molecular weight is 235 g/mol. The molecule has 1 saturated carbocycles. The van der Waals surface area contributed by atoms with Crippen molar-refractivity contribution >= 4 is 0 Å². The molecule has 3 atom stereocenters. The molecule has 0 amide bonds. The first kappa shape index (κ1) is 12.6. The van der Waals surface area contributed by atoms with E-state index < -0.39 is 0 Å². The first-order chi connectivity index (χ1) is 8.20. The zero-order valence-corrected chi connectivity index (χ0v) is 11.3. The van der Waals surface area contributed by atoms with E-state index in [1.165, 1.54) is 25.1 Å². The van der Waals surface area contributed by atoms with E-state index in [0.29, 0.717) is 6.04 Å². The summed E-state index contributed by atoms with van der Waals surface area (Å²) in [5.74, 6) is 2.91. The highest BCUT2D eigenvalue weighted by molar-refractivity contribution is 4.92. The SMILES string of the molecule is CCn1ccnc1CNC1CCC(C)C(C)C1. The van der Waals surface area contributed by atoms with Crippen LogP contribution in [0.15, 0.2) is 12.4 Å². The molecule has 1 aliphatic rings. The van der Waals surface area contributed by atoms with Crippen LogP contribution in [0.3, 0.4) is 0 Å². The molecule has 3 unspecified atom stereocenters. The molecule has 0 bridgehead atoms. The van der Waals surface area contributed by atoms with Crippen molar-refractivity contribution in [2.24, 2.45) is 11.8 Å². The van der Waals surface area contributed by atoms with Crippen molar-refractivity contribution in [3.63, 3.8) is 0 Å². The minimum absolute atomic E-state index is 0.684. The summed E-state index contributed by atoms with van der Waals surface area (Å²) in [6, 6.07) is 0.684. The van der Waals surface area contributed by atoms with Crippen LogP contribution >= 0.6 is 0 Å². The maximum atomic E-state index is 4.41. The molecular weight excluding hydrogens is 210 g/mol. The lowest BCUT2D eigenvalue weighted by Crippen LogP contribution is -2.36. The van der Waals surface area contributed by atoms with Gasteiger partial charge in [-0.3, -0.25) is 0 Å². The fourth-order valence-corrected chi connectivity index (χ4v) is 2.76. The summed E-state index contributed by atoms with van der Waals surface area (Å²) in [6.45, 7) is 8.84. The van der Waals surface area contributed by atoms with Gasteiger partial charge in [0.25, 0.3) is 0 Å². The van der Waals surface area contributed by atoms with Gasteiger partial charge in [0, 0.05) is 25.0 Å². The number of nitrogens with one attached hydrogen (secondary N) is 1. The summed E-state index contributed by atoms with van der Waals surface area (Å²) in [7, 11) is 0. The van der Waals surface area contributed by atoms with E-state index in [9.17, 15) is 0 Å². The Balaban J connectivity index is 1.82. The first-order valence-electron chi connectivity index (χ1n) is 6.94. The Hall–Kier alpha value is -0.830. The van der Waals surface area contributed by atoms with Gasteiger partial charge in [0.15, 0.2) is 0 Å². The third-order valence-electron chi connectivity index (χ3n) is 4.29. The van der Waals surface area contributed by atoms with E-state index in [1.807, 2.05) is 6.20 Å². The summed E-state index contributed by atoms with van der Waals surface area (Å²) in [4.78, 5) is 4.41. The Morgan fingerprint density at radius 3 is 2.88 bits per heavy atom. The molecule has 3 nitrogen and oxygen atoms in total. The summed E-state index contributed by atoms with van der Waals surface area (Å²) in [5, 5.41) is 3.67. The minimum atomic E-state index is 0.684. The Kier molecular flexibility index (Phi) is 4.21. The van der Waals surface area contributed by atoms with Crippen molar-refractivity contribution in [2.75, 3.05) is 0 Å². The highest BCUT2D eigenvalue weighted by Crippen LogP contribution is 2.29. The average Bonchev–Trinajstić information content (AvgIpc) is 2.78. The molecule has 3 heteroatoms. The first-order valence-corrected chi connectivity index (χ1v) is 6.94. The molecule has 0 aromatic carbocycles. The predicted molar refractivity (Wildman–Crippen MR) is 70.7 cm³/mol. The molecule has 96 valence electrons. The van der Waals surface area contributed by atoms with Crippen LogP contribution in [0.1, 0.15) is 45.9 Å². The number of rotatable bonds is 4. The molecule has 1 aromatic rings. The molecule has 1 fully saturated rings. The third-order valence-corrected chi connectivity index (χ3v) is 4.29. The molecule has 0 spiro atoms. The van der Waals surface area contributed by atoms with E-state index in [2.05, 4.69) is 41.8 Å². The predicted octanol–water partition coefficient (Wildman–Crippen LogP) is 2.82. The quantitative estimate of drug-likeness (QED) is 0.869. The second kappa shape index (κ2) is 5.67. The molecule has 1 heterocycles. The van der Waals surface area contributed by atoms with Crippen LogP contribution in [0.2, 0.25) is 0 Å². The largest absolute Gasteiger partial charge is 0.334 e. The van der Waals surface area contributed by atoms with Crippen LogP contribution < -0.4 is 5.32 Å². The maximum Gasteiger partial charge on any atom is 0.122 e. The third kappa shape index (κ3) is 3.09.